The van der Waals surface area contributed by atoms with Crippen molar-refractivity contribution in [2.24, 2.45) is 0 Å². The summed E-state index contributed by atoms with van der Waals surface area (Å²) in [7, 11) is 0. The van der Waals surface area contributed by atoms with E-state index in [9.17, 15) is 14.4 Å². The van der Waals surface area contributed by atoms with Gasteiger partial charge in [-0.15, -0.1) is 0 Å². The summed E-state index contributed by atoms with van der Waals surface area (Å²) in [5.74, 6) is -1.68. The minimum Gasteiger partial charge on any atom is -0.326 e. The second-order valence-corrected chi connectivity index (χ2v) is 5.41. The first-order valence-corrected chi connectivity index (χ1v) is 7.43. The van der Waals surface area contributed by atoms with Gasteiger partial charge in [0.25, 0.3) is 0 Å². The molecule has 0 heterocycles. The molecule has 3 N–H and O–H groups in total. The van der Waals surface area contributed by atoms with E-state index in [1.165, 1.54) is 6.92 Å². The average Bonchev–Trinajstić information content (AvgIpc) is 2.53. The van der Waals surface area contributed by atoms with Crippen molar-refractivity contribution in [1.82, 2.24) is 0 Å². The average molecular weight is 325 g/mol. The van der Waals surface area contributed by atoms with E-state index < -0.39 is 11.8 Å². The lowest BCUT2D eigenvalue weighted by Crippen LogP contribution is -2.29. The summed E-state index contributed by atoms with van der Waals surface area (Å²) >= 11 is 0. The van der Waals surface area contributed by atoms with Crippen molar-refractivity contribution >= 4 is 34.8 Å². The highest BCUT2D eigenvalue weighted by Gasteiger charge is 2.15. The van der Waals surface area contributed by atoms with Crippen molar-refractivity contribution < 1.29 is 14.4 Å². The molecule has 0 spiro atoms. The highest BCUT2D eigenvalue weighted by molar-refractivity contribution is 6.43. The molecule has 0 atom stereocenters. The Kier molecular flexibility index (Phi) is 5.31. The molecular formula is C18H19N3O3. The normalized spacial score (nSPS) is 9.96. The molecule has 2 aromatic carbocycles. The monoisotopic (exact) mass is 325 g/mol. The Morgan fingerprint density at radius 1 is 0.750 bits per heavy atom. The summed E-state index contributed by atoms with van der Waals surface area (Å²) in [5, 5.41) is 7.73. The number of amides is 3. The maximum Gasteiger partial charge on any atom is 0.314 e. The van der Waals surface area contributed by atoms with Gasteiger partial charge in [-0.2, -0.15) is 0 Å². The van der Waals surface area contributed by atoms with Gasteiger partial charge >= 0.3 is 11.8 Å². The number of carbonyl (C=O) groups excluding carboxylic acids is 3. The predicted molar refractivity (Wildman–Crippen MR) is 93.9 cm³/mol. The third-order valence-corrected chi connectivity index (χ3v) is 3.52. The van der Waals surface area contributed by atoms with Gasteiger partial charge in [-0.25, -0.2) is 0 Å². The lowest BCUT2D eigenvalue weighted by Gasteiger charge is -2.10. The van der Waals surface area contributed by atoms with Crippen LogP contribution in [0.25, 0.3) is 0 Å². The van der Waals surface area contributed by atoms with Crippen molar-refractivity contribution in [2.45, 2.75) is 20.8 Å². The van der Waals surface area contributed by atoms with Crippen LogP contribution in [0.4, 0.5) is 17.1 Å². The SMILES string of the molecule is CC(=O)Nc1ccc(NC(=O)C(=O)Nc2cccc(C)c2C)cc1. The zero-order valence-corrected chi connectivity index (χ0v) is 13.8. The van der Waals surface area contributed by atoms with Crippen molar-refractivity contribution in [3.63, 3.8) is 0 Å². The highest BCUT2D eigenvalue weighted by Crippen LogP contribution is 2.18. The van der Waals surface area contributed by atoms with Crippen molar-refractivity contribution in [2.75, 3.05) is 16.0 Å². The third kappa shape index (κ3) is 4.42. The zero-order chi connectivity index (χ0) is 17.7. The fraction of sp³-hybridized carbons (Fsp3) is 0.167. The number of benzene rings is 2. The molecule has 0 radical (unpaired) electrons. The molecule has 0 fully saturated rings. The summed E-state index contributed by atoms with van der Waals surface area (Å²) in [4.78, 5) is 35.0. The van der Waals surface area contributed by atoms with E-state index in [1.807, 2.05) is 26.0 Å². The van der Waals surface area contributed by atoms with Crippen molar-refractivity contribution in [1.29, 1.82) is 0 Å². The first kappa shape index (κ1) is 17.2. The Hall–Kier alpha value is -3.15. The van der Waals surface area contributed by atoms with Gasteiger partial charge in [0.2, 0.25) is 5.91 Å². The van der Waals surface area contributed by atoms with Crippen LogP contribution in [0.3, 0.4) is 0 Å². The molecule has 2 rings (SSSR count). The largest absolute Gasteiger partial charge is 0.326 e. The molecule has 0 aliphatic carbocycles. The quantitative estimate of drug-likeness (QED) is 0.758. The molecule has 0 aliphatic heterocycles. The van der Waals surface area contributed by atoms with Crippen LogP contribution >= 0.6 is 0 Å². The van der Waals surface area contributed by atoms with Gasteiger partial charge in [0.15, 0.2) is 0 Å². The topological polar surface area (TPSA) is 87.3 Å². The Labute approximate surface area is 140 Å². The van der Waals surface area contributed by atoms with E-state index >= 15 is 0 Å². The molecule has 0 saturated carbocycles. The molecule has 0 bridgehead atoms. The number of carbonyl (C=O) groups is 3. The molecule has 3 amide bonds. The minimum atomic E-state index is -0.761. The summed E-state index contributed by atoms with van der Waals surface area (Å²) in [6, 6.07) is 12.0. The number of hydrogen-bond acceptors (Lipinski definition) is 3. The minimum absolute atomic E-state index is 0.181. The van der Waals surface area contributed by atoms with Gasteiger partial charge in [-0.05, 0) is 55.3 Å². The number of anilines is 3. The number of rotatable bonds is 3. The molecule has 0 unspecified atom stereocenters. The fourth-order valence-corrected chi connectivity index (χ4v) is 2.09. The van der Waals surface area contributed by atoms with Crippen LogP contribution in [-0.4, -0.2) is 17.7 Å². The molecule has 0 saturated heterocycles. The summed E-state index contributed by atoms with van der Waals surface area (Å²) in [6.07, 6.45) is 0. The van der Waals surface area contributed by atoms with Gasteiger partial charge in [-0.3, -0.25) is 14.4 Å². The van der Waals surface area contributed by atoms with Gasteiger partial charge in [0.1, 0.15) is 0 Å². The molecule has 0 aromatic heterocycles. The van der Waals surface area contributed by atoms with E-state index in [1.54, 1.807) is 30.3 Å². The van der Waals surface area contributed by atoms with Crippen LogP contribution in [0.5, 0.6) is 0 Å². The van der Waals surface area contributed by atoms with Crippen LogP contribution in [0.15, 0.2) is 42.5 Å². The summed E-state index contributed by atoms with van der Waals surface area (Å²) in [6.45, 7) is 5.22. The first-order valence-electron chi connectivity index (χ1n) is 7.43. The fourth-order valence-electron chi connectivity index (χ4n) is 2.09. The van der Waals surface area contributed by atoms with Crippen LogP contribution in [-0.2, 0) is 14.4 Å². The maximum atomic E-state index is 12.0. The van der Waals surface area contributed by atoms with E-state index in [0.717, 1.165) is 11.1 Å². The number of hydrogen-bond donors (Lipinski definition) is 3. The van der Waals surface area contributed by atoms with Crippen molar-refractivity contribution in [3.8, 4) is 0 Å². The van der Waals surface area contributed by atoms with Crippen LogP contribution in [0.1, 0.15) is 18.1 Å². The van der Waals surface area contributed by atoms with Crippen LogP contribution in [0, 0.1) is 13.8 Å². The summed E-state index contributed by atoms with van der Waals surface area (Å²) in [5.41, 5.74) is 3.63. The van der Waals surface area contributed by atoms with Crippen LogP contribution < -0.4 is 16.0 Å². The standard InChI is InChI=1S/C18H19N3O3/c1-11-5-4-6-16(12(11)2)21-18(24)17(23)20-15-9-7-14(8-10-15)19-13(3)22/h4-10H,1-3H3,(H,19,22)(H,20,23)(H,21,24). The molecule has 24 heavy (non-hydrogen) atoms. The number of aryl methyl sites for hydroxylation is 1. The summed E-state index contributed by atoms with van der Waals surface area (Å²) < 4.78 is 0. The second-order valence-electron chi connectivity index (χ2n) is 5.41. The van der Waals surface area contributed by atoms with E-state index in [2.05, 4.69) is 16.0 Å². The number of nitrogens with one attached hydrogen (secondary N) is 3. The third-order valence-electron chi connectivity index (χ3n) is 3.52. The van der Waals surface area contributed by atoms with E-state index in [0.29, 0.717) is 17.1 Å². The Balaban J connectivity index is 2.00. The second kappa shape index (κ2) is 7.41. The maximum absolute atomic E-state index is 12.0. The molecular weight excluding hydrogens is 306 g/mol. The molecule has 0 aliphatic rings. The molecule has 6 heteroatoms. The predicted octanol–water partition coefficient (Wildman–Crippen LogP) is 2.84. The Morgan fingerprint density at radius 2 is 1.29 bits per heavy atom. The first-order chi connectivity index (χ1) is 11.4. The smallest absolute Gasteiger partial charge is 0.314 e. The Bertz CT molecular complexity index is 783. The lowest BCUT2D eigenvalue weighted by atomic mass is 10.1. The van der Waals surface area contributed by atoms with Gasteiger partial charge < -0.3 is 16.0 Å². The van der Waals surface area contributed by atoms with Gasteiger partial charge in [-0.1, -0.05) is 12.1 Å². The zero-order valence-electron chi connectivity index (χ0n) is 13.8. The lowest BCUT2D eigenvalue weighted by molar-refractivity contribution is -0.133. The molecule has 2 aromatic rings. The highest BCUT2D eigenvalue weighted by atomic mass is 16.2. The van der Waals surface area contributed by atoms with Gasteiger partial charge in [0.05, 0.1) is 0 Å². The van der Waals surface area contributed by atoms with Crippen LogP contribution in [0.2, 0.25) is 0 Å². The Morgan fingerprint density at radius 3 is 1.88 bits per heavy atom. The van der Waals surface area contributed by atoms with E-state index in [-0.39, 0.29) is 5.91 Å². The van der Waals surface area contributed by atoms with Crippen molar-refractivity contribution in [3.05, 3.63) is 53.6 Å². The molecule has 6 nitrogen and oxygen atoms in total. The molecule has 124 valence electrons. The van der Waals surface area contributed by atoms with E-state index in [4.69, 9.17) is 0 Å². The van der Waals surface area contributed by atoms with Gasteiger partial charge in [0, 0.05) is 24.0 Å².